The van der Waals surface area contributed by atoms with Gasteiger partial charge in [-0.05, 0) is 81.8 Å². The number of carbonyl (C=O) groups excluding carboxylic acids is 1. The molecule has 0 radical (unpaired) electrons. The van der Waals surface area contributed by atoms with Crippen molar-refractivity contribution in [2.75, 3.05) is 32.7 Å². The number of piperidine rings is 2. The Morgan fingerprint density at radius 3 is 2.18 bits per heavy atom. The van der Waals surface area contributed by atoms with Crippen LogP contribution in [-0.2, 0) is 4.79 Å². The Kier molecular flexibility index (Phi) is 3.96. The summed E-state index contributed by atoms with van der Waals surface area (Å²) in [5, 5.41) is 0. The second-order valence-corrected chi connectivity index (χ2v) is 8.42. The fourth-order valence-electron chi connectivity index (χ4n) is 5.68. The molecule has 2 aliphatic carbocycles. The molecule has 1 spiro atoms. The van der Waals surface area contributed by atoms with E-state index in [0.29, 0.717) is 17.2 Å². The predicted molar refractivity (Wildman–Crippen MR) is 88.5 cm³/mol. The first-order valence-electron chi connectivity index (χ1n) is 9.74. The highest BCUT2D eigenvalue weighted by molar-refractivity contribution is 5.79. The van der Waals surface area contributed by atoms with E-state index in [0.717, 1.165) is 50.9 Å². The van der Waals surface area contributed by atoms with Crippen molar-refractivity contribution in [1.82, 2.24) is 9.80 Å². The van der Waals surface area contributed by atoms with Crippen LogP contribution < -0.4 is 0 Å². The van der Waals surface area contributed by atoms with Crippen LogP contribution in [0.3, 0.4) is 0 Å². The lowest BCUT2D eigenvalue weighted by Gasteiger charge is -2.66. The molecule has 4 fully saturated rings. The van der Waals surface area contributed by atoms with Crippen molar-refractivity contribution in [3.05, 3.63) is 0 Å². The third-order valence-electron chi connectivity index (χ3n) is 7.50. The number of hydrogen-bond donors (Lipinski definition) is 0. The third-order valence-corrected chi connectivity index (χ3v) is 7.50. The van der Waals surface area contributed by atoms with Crippen molar-refractivity contribution in [2.24, 2.45) is 23.2 Å². The van der Waals surface area contributed by atoms with Gasteiger partial charge in [0, 0.05) is 19.0 Å². The molecule has 0 aromatic carbocycles. The Labute approximate surface area is 135 Å². The van der Waals surface area contributed by atoms with Gasteiger partial charge in [0.2, 0.25) is 5.91 Å². The number of rotatable bonds is 4. The molecule has 3 heteroatoms. The van der Waals surface area contributed by atoms with Crippen LogP contribution in [0.2, 0.25) is 0 Å². The standard InChI is InChI=1S/C19H32N2O/c1-2-3-10-20-11-6-15(7-12-20)18(22)21-13-16-4-8-19(16)9-5-17(19)14-21/h15-17H,2-14H2,1H3. The average molecular weight is 304 g/mol. The Balaban J connectivity index is 1.30. The molecule has 2 aliphatic heterocycles. The van der Waals surface area contributed by atoms with Crippen LogP contribution in [0.5, 0.6) is 0 Å². The fourth-order valence-corrected chi connectivity index (χ4v) is 5.68. The Hall–Kier alpha value is -0.570. The van der Waals surface area contributed by atoms with Gasteiger partial charge in [-0.1, -0.05) is 13.3 Å². The van der Waals surface area contributed by atoms with Gasteiger partial charge in [0.25, 0.3) is 0 Å². The minimum atomic E-state index is 0.325. The van der Waals surface area contributed by atoms with E-state index in [9.17, 15) is 4.79 Å². The van der Waals surface area contributed by atoms with Crippen LogP contribution in [0, 0.1) is 23.2 Å². The SMILES string of the molecule is CCCCN1CCC(C(=O)N2CC3CCC34CCC4C2)CC1. The maximum absolute atomic E-state index is 12.9. The van der Waals surface area contributed by atoms with Crippen molar-refractivity contribution in [2.45, 2.75) is 58.3 Å². The average Bonchev–Trinajstić information content (AvgIpc) is 2.50. The lowest BCUT2D eigenvalue weighted by Crippen LogP contribution is -2.65. The van der Waals surface area contributed by atoms with Gasteiger partial charge in [-0.15, -0.1) is 0 Å². The smallest absolute Gasteiger partial charge is 0.225 e. The topological polar surface area (TPSA) is 23.6 Å². The van der Waals surface area contributed by atoms with Crippen LogP contribution in [0.4, 0.5) is 0 Å². The Bertz CT molecular complexity index is 407. The highest BCUT2D eigenvalue weighted by atomic mass is 16.2. The maximum Gasteiger partial charge on any atom is 0.225 e. The second kappa shape index (κ2) is 5.81. The maximum atomic E-state index is 12.9. The molecule has 2 heterocycles. The first kappa shape index (κ1) is 15.0. The molecule has 2 saturated heterocycles. The molecule has 0 N–H and O–H groups in total. The summed E-state index contributed by atoms with van der Waals surface area (Å²) in [7, 11) is 0. The van der Waals surface area contributed by atoms with Crippen molar-refractivity contribution >= 4 is 5.91 Å². The number of carbonyl (C=O) groups is 1. The molecule has 4 rings (SSSR count). The van der Waals surface area contributed by atoms with Crippen molar-refractivity contribution in [3.63, 3.8) is 0 Å². The first-order valence-corrected chi connectivity index (χ1v) is 9.74. The summed E-state index contributed by atoms with van der Waals surface area (Å²) in [6.07, 6.45) is 10.5. The van der Waals surface area contributed by atoms with Crippen LogP contribution >= 0.6 is 0 Å². The summed E-state index contributed by atoms with van der Waals surface area (Å²) < 4.78 is 0. The Morgan fingerprint density at radius 1 is 1.05 bits per heavy atom. The number of hydrogen-bond acceptors (Lipinski definition) is 2. The molecule has 0 aromatic rings. The molecule has 0 bridgehead atoms. The molecule has 4 aliphatic rings. The zero-order chi connectivity index (χ0) is 15.2. The van der Waals surface area contributed by atoms with Gasteiger partial charge in [0.1, 0.15) is 0 Å². The summed E-state index contributed by atoms with van der Waals surface area (Å²) >= 11 is 0. The lowest BCUT2D eigenvalue weighted by atomic mass is 9.43. The molecule has 2 saturated carbocycles. The van der Waals surface area contributed by atoms with E-state index < -0.39 is 0 Å². The molecular formula is C19H32N2O. The highest BCUT2D eigenvalue weighted by Crippen LogP contribution is 2.65. The number of likely N-dealkylation sites (tertiary alicyclic amines) is 2. The normalized spacial score (nSPS) is 38.7. The molecule has 22 heavy (non-hydrogen) atoms. The predicted octanol–water partition coefficient (Wildman–Crippen LogP) is 3.15. The van der Waals surface area contributed by atoms with Crippen molar-refractivity contribution in [3.8, 4) is 0 Å². The zero-order valence-electron chi connectivity index (χ0n) is 14.2. The molecule has 3 nitrogen and oxygen atoms in total. The lowest BCUT2D eigenvalue weighted by molar-refractivity contribution is -0.179. The first-order chi connectivity index (χ1) is 10.7. The minimum Gasteiger partial charge on any atom is -0.342 e. The van der Waals surface area contributed by atoms with E-state index in [1.54, 1.807) is 0 Å². The van der Waals surface area contributed by atoms with Gasteiger partial charge in [-0.25, -0.2) is 0 Å². The minimum absolute atomic E-state index is 0.325. The molecule has 2 unspecified atom stereocenters. The monoisotopic (exact) mass is 304 g/mol. The van der Waals surface area contributed by atoms with Gasteiger partial charge in [0.05, 0.1) is 0 Å². The zero-order valence-corrected chi connectivity index (χ0v) is 14.2. The fraction of sp³-hybridized carbons (Fsp3) is 0.947. The quantitative estimate of drug-likeness (QED) is 0.796. The summed E-state index contributed by atoms with van der Waals surface area (Å²) in [5.74, 6) is 2.54. The third kappa shape index (κ3) is 2.31. The summed E-state index contributed by atoms with van der Waals surface area (Å²) in [4.78, 5) is 17.8. The van der Waals surface area contributed by atoms with E-state index in [1.807, 2.05) is 0 Å². The molecule has 0 aromatic heterocycles. The highest BCUT2D eigenvalue weighted by Gasteiger charge is 2.60. The van der Waals surface area contributed by atoms with E-state index in [2.05, 4.69) is 16.7 Å². The van der Waals surface area contributed by atoms with E-state index >= 15 is 0 Å². The van der Waals surface area contributed by atoms with Gasteiger partial charge in [-0.2, -0.15) is 0 Å². The number of unbranched alkanes of at least 4 members (excludes halogenated alkanes) is 1. The molecule has 124 valence electrons. The second-order valence-electron chi connectivity index (χ2n) is 8.42. The van der Waals surface area contributed by atoms with Gasteiger partial charge in [-0.3, -0.25) is 4.79 Å². The van der Waals surface area contributed by atoms with Gasteiger partial charge in [0.15, 0.2) is 0 Å². The van der Waals surface area contributed by atoms with Crippen molar-refractivity contribution < 1.29 is 4.79 Å². The van der Waals surface area contributed by atoms with Gasteiger partial charge >= 0.3 is 0 Å². The Morgan fingerprint density at radius 2 is 1.68 bits per heavy atom. The van der Waals surface area contributed by atoms with Crippen molar-refractivity contribution in [1.29, 1.82) is 0 Å². The summed E-state index contributed by atoms with van der Waals surface area (Å²) in [6.45, 7) is 7.94. The molecule has 2 atom stereocenters. The molecule has 1 amide bonds. The van der Waals surface area contributed by atoms with Crippen LogP contribution in [-0.4, -0.2) is 48.4 Å². The largest absolute Gasteiger partial charge is 0.342 e. The number of amides is 1. The van der Waals surface area contributed by atoms with E-state index in [4.69, 9.17) is 0 Å². The number of nitrogens with zero attached hydrogens (tertiary/aromatic N) is 2. The van der Waals surface area contributed by atoms with Crippen LogP contribution in [0.15, 0.2) is 0 Å². The summed E-state index contributed by atoms with van der Waals surface area (Å²) in [6, 6.07) is 0. The molecular weight excluding hydrogens is 272 g/mol. The van der Waals surface area contributed by atoms with Crippen LogP contribution in [0.25, 0.3) is 0 Å². The van der Waals surface area contributed by atoms with E-state index in [-0.39, 0.29) is 0 Å². The van der Waals surface area contributed by atoms with E-state index in [1.165, 1.54) is 45.1 Å². The summed E-state index contributed by atoms with van der Waals surface area (Å²) in [5.41, 5.74) is 0.709. The van der Waals surface area contributed by atoms with Crippen LogP contribution in [0.1, 0.15) is 58.3 Å². The van der Waals surface area contributed by atoms with Gasteiger partial charge < -0.3 is 9.80 Å².